The van der Waals surface area contributed by atoms with E-state index in [1.165, 1.54) is 25.7 Å². The molecule has 4 atom stereocenters. The molecule has 1 aliphatic heterocycles. The number of nitrogens with zero attached hydrogens (tertiary/aromatic N) is 4. The number of anilines is 1. The van der Waals surface area contributed by atoms with Crippen molar-refractivity contribution in [1.82, 2.24) is 20.4 Å². The first-order chi connectivity index (χ1) is 14.0. The van der Waals surface area contributed by atoms with Crippen molar-refractivity contribution in [2.24, 2.45) is 11.8 Å². The average molecular weight is 400 g/mol. The van der Waals surface area contributed by atoms with Crippen molar-refractivity contribution >= 4 is 5.82 Å². The van der Waals surface area contributed by atoms with Gasteiger partial charge in [-0.2, -0.15) is 4.98 Å². The highest BCUT2D eigenvalue weighted by molar-refractivity contribution is 5.70. The van der Waals surface area contributed by atoms with E-state index < -0.39 is 0 Å². The van der Waals surface area contributed by atoms with Crippen LogP contribution in [0.25, 0.3) is 11.5 Å². The Bertz CT molecular complexity index is 823. The molecule has 3 heterocycles. The summed E-state index contributed by atoms with van der Waals surface area (Å²) in [5.41, 5.74) is 1.93. The molecule has 2 aromatic heterocycles. The molecule has 4 rings (SSSR count). The largest absolute Gasteiger partial charge is 0.396 e. The number of aromatic nitrogens is 3. The second-order valence-electron chi connectivity index (χ2n) is 8.85. The summed E-state index contributed by atoms with van der Waals surface area (Å²) in [5, 5.41) is 18.0. The molecule has 0 amide bonds. The van der Waals surface area contributed by atoms with Gasteiger partial charge in [-0.3, -0.25) is 0 Å². The first-order valence-corrected chi connectivity index (χ1v) is 10.9. The molecule has 0 bridgehead atoms. The Morgan fingerprint density at radius 1 is 1.21 bits per heavy atom. The van der Waals surface area contributed by atoms with E-state index >= 15 is 0 Å². The van der Waals surface area contributed by atoms with Crippen molar-refractivity contribution in [3.05, 3.63) is 23.7 Å². The lowest BCUT2D eigenvalue weighted by Gasteiger charge is -2.42. The third-order valence-electron chi connectivity index (χ3n) is 6.57. The maximum Gasteiger partial charge on any atom is 0.261 e. The maximum absolute atomic E-state index is 10.1. The lowest BCUT2D eigenvalue weighted by atomic mass is 9.83. The van der Waals surface area contributed by atoms with Crippen molar-refractivity contribution in [2.75, 3.05) is 24.6 Å². The molecule has 0 aromatic carbocycles. The molecule has 2 fully saturated rings. The Hall–Kier alpha value is -1.99. The quantitative estimate of drug-likeness (QED) is 0.799. The molecule has 7 nitrogen and oxygen atoms in total. The molecule has 1 saturated heterocycles. The van der Waals surface area contributed by atoms with Crippen molar-refractivity contribution in [2.45, 2.75) is 65.0 Å². The van der Waals surface area contributed by atoms with E-state index in [0.717, 1.165) is 36.5 Å². The lowest BCUT2D eigenvalue weighted by molar-refractivity contribution is 0.148. The number of pyridine rings is 1. The predicted molar refractivity (Wildman–Crippen MR) is 113 cm³/mol. The zero-order valence-electron chi connectivity index (χ0n) is 17.8. The standard InChI is InChI=1S/C22H33N5O2/c1-14-10-18(22-24-16(3)26-29-22)21(23-11-14)27-9-8-20(17(12-27)13-28)25-19-7-5-4-6-15(19)2/h10-11,15,17,19-20,25,28H,4-9,12-13H2,1-3H3. The SMILES string of the molecule is Cc1cnc(N2CCC(NC3CCCCC3C)C(CO)C2)c(-c2nc(C)no2)c1. The lowest BCUT2D eigenvalue weighted by Crippen LogP contribution is -2.55. The van der Waals surface area contributed by atoms with Gasteiger partial charge in [0.15, 0.2) is 5.82 Å². The Morgan fingerprint density at radius 3 is 2.76 bits per heavy atom. The summed E-state index contributed by atoms with van der Waals surface area (Å²) in [4.78, 5) is 11.4. The van der Waals surface area contributed by atoms with Crippen LogP contribution in [-0.2, 0) is 0 Å². The van der Waals surface area contributed by atoms with Gasteiger partial charge in [0, 0.05) is 43.9 Å². The molecular weight excluding hydrogens is 366 g/mol. The molecular formula is C22H33N5O2. The third kappa shape index (κ3) is 4.46. The highest BCUT2D eigenvalue weighted by Gasteiger charge is 2.34. The van der Waals surface area contributed by atoms with Crippen molar-refractivity contribution in [3.8, 4) is 11.5 Å². The zero-order valence-corrected chi connectivity index (χ0v) is 17.8. The summed E-state index contributed by atoms with van der Waals surface area (Å²) in [7, 11) is 0. The monoisotopic (exact) mass is 399 g/mol. The van der Waals surface area contributed by atoms with E-state index in [2.05, 4.69) is 33.3 Å². The number of piperidine rings is 1. The number of hydrogen-bond acceptors (Lipinski definition) is 7. The van der Waals surface area contributed by atoms with Gasteiger partial charge in [0.2, 0.25) is 0 Å². The van der Waals surface area contributed by atoms with Crippen molar-refractivity contribution in [1.29, 1.82) is 0 Å². The van der Waals surface area contributed by atoms with Gasteiger partial charge >= 0.3 is 0 Å². The van der Waals surface area contributed by atoms with Crippen LogP contribution in [0.2, 0.25) is 0 Å². The Labute approximate surface area is 172 Å². The van der Waals surface area contributed by atoms with Crippen molar-refractivity contribution in [3.63, 3.8) is 0 Å². The summed E-state index contributed by atoms with van der Waals surface area (Å²) in [6, 6.07) is 2.97. The smallest absolute Gasteiger partial charge is 0.261 e. The summed E-state index contributed by atoms with van der Waals surface area (Å²) in [6.45, 7) is 8.03. The highest BCUT2D eigenvalue weighted by Crippen LogP contribution is 2.32. The molecule has 7 heteroatoms. The van der Waals surface area contributed by atoms with Gasteiger partial charge in [0.25, 0.3) is 5.89 Å². The zero-order chi connectivity index (χ0) is 20.4. The molecule has 2 aromatic rings. The van der Waals surface area contributed by atoms with Crippen molar-refractivity contribution < 1.29 is 9.63 Å². The predicted octanol–water partition coefficient (Wildman–Crippen LogP) is 3.10. The Balaban J connectivity index is 1.51. The van der Waals surface area contributed by atoms with Crippen LogP contribution in [0.15, 0.2) is 16.8 Å². The third-order valence-corrected chi connectivity index (χ3v) is 6.57. The molecule has 0 spiro atoms. The molecule has 1 saturated carbocycles. The van der Waals surface area contributed by atoms with Gasteiger partial charge in [-0.1, -0.05) is 24.9 Å². The number of aryl methyl sites for hydroxylation is 2. The van der Waals surface area contributed by atoms with E-state index in [9.17, 15) is 5.11 Å². The molecule has 2 N–H and O–H groups in total. The van der Waals surface area contributed by atoms with E-state index in [4.69, 9.17) is 9.51 Å². The van der Waals surface area contributed by atoms with Crippen LogP contribution >= 0.6 is 0 Å². The van der Waals surface area contributed by atoms with Gasteiger partial charge in [-0.25, -0.2) is 4.98 Å². The normalized spacial score (nSPS) is 27.9. The molecule has 2 aliphatic rings. The summed E-state index contributed by atoms with van der Waals surface area (Å²) in [6.07, 6.45) is 8.08. The van der Waals surface area contributed by atoms with Crippen LogP contribution in [0.1, 0.15) is 50.4 Å². The first-order valence-electron chi connectivity index (χ1n) is 10.9. The molecule has 4 unspecified atom stereocenters. The number of hydrogen-bond donors (Lipinski definition) is 2. The summed E-state index contributed by atoms with van der Waals surface area (Å²) >= 11 is 0. The second kappa shape index (κ2) is 8.79. The average Bonchev–Trinajstić information content (AvgIpc) is 3.16. The molecule has 29 heavy (non-hydrogen) atoms. The van der Waals surface area contributed by atoms with Crippen LogP contribution < -0.4 is 10.2 Å². The fourth-order valence-corrected chi connectivity index (χ4v) is 4.85. The summed E-state index contributed by atoms with van der Waals surface area (Å²) in [5.74, 6) is 2.88. The van der Waals surface area contributed by atoms with E-state index in [-0.39, 0.29) is 12.5 Å². The molecule has 1 aliphatic carbocycles. The van der Waals surface area contributed by atoms with E-state index in [1.54, 1.807) is 0 Å². The maximum atomic E-state index is 10.1. The minimum Gasteiger partial charge on any atom is -0.396 e. The topological polar surface area (TPSA) is 87.3 Å². The van der Waals surface area contributed by atoms with Gasteiger partial charge in [-0.05, 0) is 50.7 Å². The molecule has 158 valence electrons. The Morgan fingerprint density at radius 2 is 2.03 bits per heavy atom. The number of aliphatic hydroxyl groups is 1. The molecule has 0 radical (unpaired) electrons. The number of rotatable bonds is 5. The highest BCUT2D eigenvalue weighted by atomic mass is 16.5. The Kier molecular flexibility index (Phi) is 6.15. The van der Waals surface area contributed by atoms with Gasteiger partial charge < -0.3 is 19.8 Å². The van der Waals surface area contributed by atoms with Gasteiger partial charge in [-0.15, -0.1) is 0 Å². The van der Waals surface area contributed by atoms with Gasteiger partial charge in [0.05, 0.1) is 5.56 Å². The number of nitrogens with one attached hydrogen (secondary N) is 1. The summed E-state index contributed by atoms with van der Waals surface area (Å²) < 4.78 is 5.43. The van der Waals surface area contributed by atoms with Crippen LogP contribution in [0.5, 0.6) is 0 Å². The van der Waals surface area contributed by atoms with Crippen LogP contribution in [0, 0.1) is 25.7 Å². The van der Waals surface area contributed by atoms with E-state index in [1.807, 2.05) is 20.0 Å². The minimum absolute atomic E-state index is 0.177. The van der Waals surface area contributed by atoms with Crippen LogP contribution in [-0.4, -0.2) is 52.0 Å². The first kappa shape index (κ1) is 20.3. The fourth-order valence-electron chi connectivity index (χ4n) is 4.85. The number of aliphatic hydroxyl groups excluding tert-OH is 1. The second-order valence-corrected chi connectivity index (χ2v) is 8.85. The minimum atomic E-state index is 0.177. The van der Waals surface area contributed by atoms with Crippen LogP contribution in [0.4, 0.5) is 5.82 Å². The van der Waals surface area contributed by atoms with Crippen LogP contribution in [0.3, 0.4) is 0 Å². The fraction of sp³-hybridized carbons (Fsp3) is 0.682. The van der Waals surface area contributed by atoms with Gasteiger partial charge in [0.1, 0.15) is 5.82 Å². The van der Waals surface area contributed by atoms with E-state index in [0.29, 0.717) is 29.7 Å².